The van der Waals surface area contributed by atoms with Gasteiger partial charge in [0.1, 0.15) is 0 Å². The molecular formula is C19H37N3. The molecule has 2 aliphatic heterocycles. The number of nitrogens with one attached hydrogen (secondary N) is 1. The van der Waals surface area contributed by atoms with E-state index in [0.717, 1.165) is 24.0 Å². The fourth-order valence-corrected chi connectivity index (χ4v) is 5.08. The van der Waals surface area contributed by atoms with Gasteiger partial charge in [-0.1, -0.05) is 25.7 Å². The lowest BCUT2D eigenvalue weighted by molar-refractivity contribution is 0.0451. The lowest BCUT2D eigenvalue weighted by Gasteiger charge is -2.46. The summed E-state index contributed by atoms with van der Waals surface area (Å²) in [6.45, 7) is 7.55. The van der Waals surface area contributed by atoms with Crippen LogP contribution in [0.25, 0.3) is 0 Å². The topological polar surface area (TPSA) is 18.5 Å². The number of rotatable bonds is 4. The minimum Gasteiger partial charge on any atom is -0.315 e. The molecule has 3 aliphatic rings. The Morgan fingerprint density at radius 3 is 2.55 bits per heavy atom. The zero-order valence-electron chi connectivity index (χ0n) is 14.9. The van der Waals surface area contributed by atoms with E-state index in [2.05, 4.69) is 29.1 Å². The minimum absolute atomic E-state index is 0.756. The summed E-state index contributed by atoms with van der Waals surface area (Å²) >= 11 is 0. The predicted octanol–water partition coefficient (Wildman–Crippen LogP) is 3.10. The van der Waals surface area contributed by atoms with Crippen molar-refractivity contribution in [3.05, 3.63) is 0 Å². The molecule has 3 nitrogen and oxygen atoms in total. The van der Waals surface area contributed by atoms with Gasteiger partial charge in [-0.15, -0.1) is 0 Å². The largest absolute Gasteiger partial charge is 0.315 e. The fourth-order valence-electron chi connectivity index (χ4n) is 5.08. The first-order chi connectivity index (χ1) is 10.8. The second-order valence-electron chi connectivity index (χ2n) is 8.12. The maximum Gasteiger partial charge on any atom is 0.0261 e. The van der Waals surface area contributed by atoms with E-state index in [1.165, 1.54) is 84.0 Å². The molecular weight excluding hydrogens is 270 g/mol. The third kappa shape index (κ3) is 4.04. The van der Waals surface area contributed by atoms with Crippen LogP contribution in [0.15, 0.2) is 0 Å². The van der Waals surface area contributed by atoms with Crippen LogP contribution < -0.4 is 5.32 Å². The number of nitrogens with zero attached hydrogens (tertiary/aromatic N) is 2. The first-order valence-corrected chi connectivity index (χ1v) is 9.92. The Kier molecular flexibility index (Phi) is 6.17. The molecule has 0 radical (unpaired) electrons. The highest BCUT2D eigenvalue weighted by molar-refractivity contribution is 4.91. The van der Waals surface area contributed by atoms with Crippen molar-refractivity contribution < 1.29 is 0 Å². The van der Waals surface area contributed by atoms with Crippen molar-refractivity contribution in [3.63, 3.8) is 0 Å². The summed E-state index contributed by atoms with van der Waals surface area (Å²) in [5.74, 6) is 0.869. The predicted molar refractivity (Wildman–Crippen MR) is 94.3 cm³/mol. The molecule has 2 saturated heterocycles. The van der Waals surface area contributed by atoms with Crippen LogP contribution in [0.5, 0.6) is 0 Å². The second-order valence-corrected chi connectivity index (χ2v) is 8.12. The first kappa shape index (κ1) is 16.7. The van der Waals surface area contributed by atoms with Gasteiger partial charge in [0.15, 0.2) is 0 Å². The van der Waals surface area contributed by atoms with Crippen molar-refractivity contribution in [1.29, 1.82) is 0 Å². The Labute approximate surface area is 137 Å². The molecule has 1 saturated carbocycles. The second kappa shape index (κ2) is 8.12. The smallest absolute Gasteiger partial charge is 0.0261 e. The molecule has 0 bridgehead atoms. The summed E-state index contributed by atoms with van der Waals surface area (Å²) < 4.78 is 0. The Hall–Kier alpha value is -0.120. The van der Waals surface area contributed by atoms with E-state index in [1.54, 1.807) is 0 Å². The molecule has 1 aliphatic carbocycles. The average Bonchev–Trinajstić information content (AvgIpc) is 2.58. The molecule has 0 amide bonds. The molecule has 0 aromatic carbocycles. The Morgan fingerprint density at radius 2 is 1.77 bits per heavy atom. The third-order valence-corrected chi connectivity index (χ3v) is 6.67. The third-order valence-electron chi connectivity index (χ3n) is 6.67. The number of piperidine rings is 2. The Bertz CT molecular complexity index is 327. The fraction of sp³-hybridized carbons (Fsp3) is 1.00. The standard InChI is InChI=1S/C19H37N3/c1-16-8-6-7-13-22(16)15-17-11-12-20-14-19(17)21(2)18-9-4-3-5-10-18/h16-20H,3-15H2,1-2H3. The van der Waals surface area contributed by atoms with Crippen LogP contribution in [0, 0.1) is 5.92 Å². The van der Waals surface area contributed by atoms with Crippen molar-refractivity contribution in [3.8, 4) is 0 Å². The molecule has 3 atom stereocenters. The molecule has 3 fully saturated rings. The van der Waals surface area contributed by atoms with E-state index in [-0.39, 0.29) is 0 Å². The van der Waals surface area contributed by atoms with Crippen molar-refractivity contribution in [1.82, 2.24) is 15.1 Å². The highest BCUT2D eigenvalue weighted by atomic mass is 15.2. The molecule has 2 heterocycles. The van der Waals surface area contributed by atoms with Crippen LogP contribution in [-0.2, 0) is 0 Å². The van der Waals surface area contributed by atoms with E-state index in [1.807, 2.05) is 0 Å². The van der Waals surface area contributed by atoms with E-state index in [9.17, 15) is 0 Å². The molecule has 3 heteroatoms. The summed E-state index contributed by atoms with van der Waals surface area (Å²) in [5.41, 5.74) is 0. The molecule has 3 rings (SSSR count). The summed E-state index contributed by atoms with van der Waals surface area (Å²) in [5, 5.41) is 3.67. The average molecular weight is 308 g/mol. The van der Waals surface area contributed by atoms with Gasteiger partial charge in [0.05, 0.1) is 0 Å². The normalized spacial score (nSPS) is 35.9. The molecule has 0 aromatic heterocycles. The monoisotopic (exact) mass is 307 g/mol. The van der Waals surface area contributed by atoms with Gasteiger partial charge in [0.2, 0.25) is 0 Å². The SMILES string of the molecule is CC1CCCCN1CC1CCNCC1N(C)C1CCCCC1. The molecule has 3 unspecified atom stereocenters. The van der Waals surface area contributed by atoms with Crippen molar-refractivity contribution >= 4 is 0 Å². The van der Waals surface area contributed by atoms with Crippen LogP contribution >= 0.6 is 0 Å². The zero-order valence-corrected chi connectivity index (χ0v) is 14.9. The van der Waals surface area contributed by atoms with Gasteiger partial charge in [0, 0.05) is 31.2 Å². The molecule has 128 valence electrons. The minimum atomic E-state index is 0.756. The van der Waals surface area contributed by atoms with Crippen molar-refractivity contribution in [2.24, 2.45) is 5.92 Å². The first-order valence-electron chi connectivity index (χ1n) is 9.92. The van der Waals surface area contributed by atoms with Gasteiger partial charge in [-0.25, -0.2) is 0 Å². The van der Waals surface area contributed by atoms with Gasteiger partial charge < -0.3 is 10.2 Å². The number of hydrogen-bond acceptors (Lipinski definition) is 3. The van der Waals surface area contributed by atoms with Gasteiger partial charge in [-0.3, -0.25) is 4.90 Å². The highest BCUT2D eigenvalue weighted by Gasteiger charge is 2.34. The summed E-state index contributed by atoms with van der Waals surface area (Å²) in [6, 6.07) is 2.41. The van der Waals surface area contributed by atoms with Gasteiger partial charge >= 0.3 is 0 Å². The summed E-state index contributed by atoms with van der Waals surface area (Å²) in [4.78, 5) is 5.56. The van der Waals surface area contributed by atoms with Crippen LogP contribution in [0.4, 0.5) is 0 Å². The van der Waals surface area contributed by atoms with E-state index < -0.39 is 0 Å². The van der Waals surface area contributed by atoms with Crippen LogP contribution in [0.1, 0.15) is 64.7 Å². The Balaban J connectivity index is 1.60. The van der Waals surface area contributed by atoms with Gasteiger partial charge in [0.25, 0.3) is 0 Å². The number of hydrogen-bond donors (Lipinski definition) is 1. The quantitative estimate of drug-likeness (QED) is 0.861. The van der Waals surface area contributed by atoms with Gasteiger partial charge in [-0.05, 0) is 65.1 Å². The van der Waals surface area contributed by atoms with Gasteiger partial charge in [-0.2, -0.15) is 0 Å². The zero-order chi connectivity index (χ0) is 15.4. The van der Waals surface area contributed by atoms with Crippen LogP contribution in [0.3, 0.4) is 0 Å². The highest BCUT2D eigenvalue weighted by Crippen LogP contribution is 2.28. The maximum atomic E-state index is 3.67. The van der Waals surface area contributed by atoms with Crippen LogP contribution in [0.2, 0.25) is 0 Å². The summed E-state index contributed by atoms with van der Waals surface area (Å²) in [6.07, 6.45) is 12.8. The van der Waals surface area contributed by atoms with Crippen molar-refractivity contribution in [2.75, 3.05) is 33.2 Å². The van der Waals surface area contributed by atoms with Crippen LogP contribution in [-0.4, -0.2) is 61.2 Å². The number of likely N-dealkylation sites (N-methyl/N-ethyl adjacent to an activating group) is 1. The molecule has 0 spiro atoms. The van der Waals surface area contributed by atoms with E-state index in [4.69, 9.17) is 0 Å². The number of likely N-dealkylation sites (tertiary alicyclic amines) is 1. The molecule has 22 heavy (non-hydrogen) atoms. The molecule has 0 aromatic rings. The summed E-state index contributed by atoms with van der Waals surface area (Å²) in [7, 11) is 2.42. The lowest BCUT2D eigenvalue weighted by Crippen LogP contribution is -2.56. The van der Waals surface area contributed by atoms with Crippen molar-refractivity contribution in [2.45, 2.75) is 82.8 Å². The Morgan fingerprint density at radius 1 is 1.00 bits per heavy atom. The lowest BCUT2D eigenvalue weighted by atomic mass is 9.86. The molecule has 1 N–H and O–H groups in total. The maximum absolute atomic E-state index is 3.67. The van der Waals surface area contributed by atoms with E-state index >= 15 is 0 Å². The van der Waals surface area contributed by atoms with E-state index in [0.29, 0.717) is 0 Å².